The van der Waals surface area contributed by atoms with Gasteiger partial charge in [-0.25, -0.2) is 0 Å². The van der Waals surface area contributed by atoms with Crippen LogP contribution in [0.3, 0.4) is 0 Å². The highest BCUT2D eigenvalue weighted by atomic mass is 35.5. The van der Waals surface area contributed by atoms with Gasteiger partial charge in [-0.15, -0.1) is 0 Å². The van der Waals surface area contributed by atoms with Crippen molar-refractivity contribution in [3.63, 3.8) is 0 Å². The maximum atomic E-state index is 13.0. The van der Waals surface area contributed by atoms with Gasteiger partial charge in [-0.1, -0.05) is 17.7 Å². The van der Waals surface area contributed by atoms with Gasteiger partial charge in [-0.05, 0) is 55.3 Å². The van der Waals surface area contributed by atoms with E-state index in [0.29, 0.717) is 11.8 Å². The van der Waals surface area contributed by atoms with Crippen LogP contribution in [0.25, 0.3) is 0 Å². The molecule has 0 aliphatic rings. The number of alkyl halides is 3. The minimum atomic E-state index is -4.69. The summed E-state index contributed by atoms with van der Waals surface area (Å²) in [7, 11) is 0. The number of amides is 2. The Labute approximate surface area is 153 Å². The molecule has 4 nitrogen and oxygen atoms in total. The zero-order valence-corrected chi connectivity index (χ0v) is 14.8. The quantitative estimate of drug-likeness (QED) is 0.733. The molecule has 2 N–H and O–H groups in total. The predicted octanol–water partition coefficient (Wildman–Crippen LogP) is 4.94. The first-order valence-electron chi connectivity index (χ1n) is 7.59. The van der Waals surface area contributed by atoms with Gasteiger partial charge in [-0.2, -0.15) is 13.2 Å². The predicted molar refractivity (Wildman–Crippen MR) is 94.2 cm³/mol. The number of anilines is 2. The van der Waals surface area contributed by atoms with E-state index in [4.69, 9.17) is 11.6 Å². The van der Waals surface area contributed by atoms with Gasteiger partial charge >= 0.3 is 6.18 Å². The molecular formula is C18H16ClF3N2O2. The van der Waals surface area contributed by atoms with E-state index in [2.05, 4.69) is 10.6 Å². The lowest BCUT2D eigenvalue weighted by Crippen LogP contribution is -2.23. The van der Waals surface area contributed by atoms with Crippen molar-refractivity contribution in [3.8, 4) is 0 Å². The summed E-state index contributed by atoms with van der Waals surface area (Å²) in [5.74, 6) is -1.49. The zero-order valence-electron chi connectivity index (χ0n) is 14.0. The molecule has 8 heteroatoms. The van der Waals surface area contributed by atoms with Crippen molar-refractivity contribution in [2.45, 2.75) is 26.4 Å². The van der Waals surface area contributed by atoms with Gasteiger partial charge in [0.15, 0.2) is 0 Å². The van der Waals surface area contributed by atoms with Crippen LogP contribution in [-0.2, 0) is 15.8 Å². The molecule has 2 aromatic carbocycles. The SMILES string of the molecule is Cc1cc(C)cc(NC(=O)CC(=O)Nc2ccc(Cl)cc2C(F)(F)F)c1. The molecule has 0 aliphatic heterocycles. The second-order valence-corrected chi connectivity index (χ2v) is 6.27. The number of carbonyl (C=O) groups excluding carboxylic acids is 2. The first-order chi connectivity index (χ1) is 12.0. The van der Waals surface area contributed by atoms with Gasteiger partial charge < -0.3 is 10.6 Å². The summed E-state index contributed by atoms with van der Waals surface area (Å²) in [5, 5.41) is 4.55. The lowest BCUT2D eigenvalue weighted by atomic mass is 10.1. The molecule has 26 heavy (non-hydrogen) atoms. The maximum absolute atomic E-state index is 13.0. The summed E-state index contributed by atoms with van der Waals surface area (Å²) in [6.45, 7) is 3.71. The Morgan fingerprint density at radius 2 is 1.54 bits per heavy atom. The Bertz CT molecular complexity index is 831. The van der Waals surface area contributed by atoms with Gasteiger partial charge in [-0.3, -0.25) is 9.59 Å². The molecule has 0 bridgehead atoms. The van der Waals surface area contributed by atoms with Crippen LogP contribution in [0.15, 0.2) is 36.4 Å². The third-order valence-electron chi connectivity index (χ3n) is 3.39. The van der Waals surface area contributed by atoms with Gasteiger partial charge in [0.05, 0.1) is 11.3 Å². The molecule has 2 aromatic rings. The van der Waals surface area contributed by atoms with E-state index in [1.165, 1.54) is 6.07 Å². The summed E-state index contributed by atoms with van der Waals surface area (Å²) in [6, 6.07) is 8.36. The minimum absolute atomic E-state index is 0.108. The lowest BCUT2D eigenvalue weighted by Gasteiger charge is -2.14. The van der Waals surface area contributed by atoms with Crippen molar-refractivity contribution in [2.24, 2.45) is 0 Å². The van der Waals surface area contributed by atoms with Crippen LogP contribution >= 0.6 is 11.6 Å². The molecule has 0 saturated heterocycles. The number of hydrogen-bond acceptors (Lipinski definition) is 2. The number of hydrogen-bond donors (Lipinski definition) is 2. The Hall–Kier alpha value is -2.54. The van der Waals surface area contributed by atoms with E-state index in [0.717, 1.165) is 17.2 Å². The molecule has 0 aliphatic carbocycles. The highest BCUT2D eigenvalue weighted by Gasteiger charge is 2.34. The monoisotopic (exact) mass is 384 g/mol. The fraction of sp³-hybridized carbons (Fsp3) is 0.222. The molecule has 0 saturated carbocycles. The molecule has 0 fully saturated rings. The van der Waals surface area contributed by atoms with Crippen LogP contribution in [0.4, 0.5) is 24.5 Å². The van der Waals surface area contributed by atoms with E-state index < -0.39 is 35.7 Å². The molecule has 0 spiro atoms. The van der Waals surface area contributed by atoms with Crippen molar-refractivity contribution < 1.29 is 22.8 Å². The Balaban J connectivity index is 2.06. The molecular weight excluding hydrogens is 369 g/mol. The van der Waals surface area contributed by atoms with Crippen molar-refractivity contribution in [3.05, 3.63) is 58.1 Å². The van der Waals surface area contributed by atoms with Crippen LogP contribution in [0.2, 0.25) is 5.02 Å². The van der Waals surface area contributed by atoms with Gasteiger partial charge in [0.25, 0.3) is 0 Å². The first-order valence-corrected chi connectivity index (χ1v) is 7.97. The van der Waals surface area contributed by atoms with Crippen LogP contribution in [-0.4, -0.2) is 11.8 Å². The van der Waals surface area contributed by atoms with Crippen molar-refractivity contribution >= 4 is 34.8 Å². The number of nitrogens with one attached hydrogen (secondary N) is 2. The smallest absolute Gasteiger partial charge is 0.326 e. The lowest BCUT2D eigenvalue weighted by molar-refractivity contribution is -0.137. The van der Waals surface area contributed by atoms with Crippen molar-refractivity contribution in [1.29, 1.82) is 0 Å². The fourth-order valence-corrected chi connectivity index (χ4v) is 2.62. The third kappa shape index (κ3) is 5.49. The fourth-order valence-electron chi connectivity index (χ4n) is 2.45. The van der Waals surface area contributed by atoms with Crippen LogP contribution < -0.4 is 10.6 Å². The largest absolute Gasteiger partial charge is 0.418 e. The number of benzene rings is 2. The summed E-state index contributed by atoms with van der Waals surface area (Å²) in [4.78, 5) is 23.9. The summed E-state index contributed by atoms with van der Waals surface area (Å²) < 4.78 is 39.0. The second-order valence-electron chi connectivity index (χ2n) is 5.84. The van der Waals surface area contributed by atoms with E-state index in [1.807, 2.05) is 19.9 Å². The first kappa shape index (κ1) is 19.8. The topological polar surface area (TPSA) is 58.2 Å². The molecule has 0 heterocycles. The van der Waals surface area contributed by atoms with Gasteiger partial charge in [0.1, 0.15) is 6.42 Å². The van der Waals surface area contributed by atoms with E-state index in [1.54, 1.807) is 12.1 Å². The summed E-state index contributed by atoms with van der Waals surface area (Å²) in [6.07, 6.45) is -5.30. The van der Waals surface area contributed by atoms with E-state index >= 15 is 0 Å². The van der Waals surface area contributed by atoms with Crippen LogP contribution in [0.1, 0.15) is 23.1 Å². The molecule has 138 valence electrons. The van der Waals surface area contributed by atoms with Crippen molar-refractivity contribution in [1.82, 2.24) is 0 Å². The Kier molecular flexibility index (Phi) is 5.92. The third-order valence-corrected chi connectivity index (χ3v) is 3.62. The highest BCUT2D eigenvalue weighted by Crippen LogP contribution is 2.36. The number of halogens is 4. The number of rotatable bonds is 4. The van der Waals surface area contributed by atoms with Crippen LogP contribution in [0.5, 0.6) is 0 Å². The van der Waals surface area contributed by atoms with Crippen molar-refractivity contribution in [2.75, 3.05) is 10.6 Å². The molecule has 0 unspecified atom stereocenters. The molecule has 0 aromatic heterocycles. The molecule has 2 rings (SSSR count). The molecule has 0 atom stereocenters. The second kappa shape index (κ2) is 7.78. The van der Waals surface area contributed by atoms with E-state index in [9.17, 15) is 22.8 Å². The highest BCUT2D eigenvalue weighted by molar-refractivity contribution is 6.30. The Morgan fingerprint density at radius 1 is 0.962 bits per heavy atom. The average Bonchev–Trinajstić information content (AvgIpc) is 2.46. The van der Waals surface area contributed by atoms with Gasteiger partial charge in [0.2, 0.25) is 11.8 Å². The molecule has 0 radical (unpaired) electrons. The van der Waals surface area contributed by atoms with E-state index in [-0.39, 0.29) is 5.02 Å². The van der Waals surface area contributed by atoms with Crippen LogP contribution in [0, 0.1) is 13.8 Å². The molecule has 2 amide bonds. The average molecular weight is 385 g/mol. The Morgan fingerprint density at radius 3 is 2.12 bits per heavy atom. The minimum Gasteiger partial charge on any atom is -0.326 e. The number of aryl methyl sites for hydroxylation is 2. The normalized spacial score (nSPS) is 11.2. The summed E-state index contributed by atoms with van der Waals surface area (Å²) in [5.41, 5.74) is 0.850. The van der Waals surface area contributed by atoms with Gasteiger partial charge in [0, 0.05) is 10.7 Å². The maximum Gasteiger partial charge on any atom is 0.418 e. The summed E-state index contributed by atoms with van der Waals surface area (Å²) >= 11 is 5.58. The number of carbonyl (C=O) groups is 2. The standard InChI is InChI=1S/C18H16ClF3N2O2/c1-10-5-11(2)7-13(6-10)23-16(25)9-17(26)24-15-4-3-12(19)8-14(15)18(20,21)22/h3-8H,9H2,1-2H3,(H,23,25)(H,24,26). The zero-order chi connectivity index (χ0) is 19.5.